The quantitative estimate of drug-likeness (QED) is 0.769. The molecule has 2 atom stereocenters. The summed E-state index contributed by atoms with van der Waals surface area (Å²) in [6.45, 7) is 6.43. The molecule has 2 rings (SSSR count). The average Bonchev–Trinajstić information content (AvgIpc) is 2.35. The lowest BCUT2D eigenvalue weighted by atomic mass is 10.1. The molecule has 1 saturated heterocycles. The van der Waals surface area contributed by atoms with E-state index in [9.17, 15) is 9.59 Å². The van der Waals surface area contributed by atoms with Crippen LogP contribution in [0.25, 0.3) is 0 Å². The van der Waals surface area contributed by atoms with Crippen LogP contribution in [0, 0.1) is 0 Å². The summed E-state index contributed by atoms with van der Waals surface area (Å²) in [4.78, 5) is 26.2. The number of carbonyl (C=O) groups is 2. The van der Waals surface area contributed by atoms with Gasteiger partial charge in [0.15, 0.2) is 6.10 Å². The van der Waals surface area contributed by atoms with Gasteiger partial charge in [0.2, 0.25) is 0 Å². The lowest BCUT2D eigenvalue weighted by Crippen LogP contribution is -2.56. The van der Waals surface area contributed by atoms with Gasteiger partial charge >= 0.3 is 12.1 Å². The first-order valence-corrected chi connectivity index (χ1v) is 6.54. The van der Waals surface area contributed by atoms with E-state index >= 15 is 0 Å². The summed E-state index contributed by atoms with van der Waals surface area (Å²) in [5.41, 5.74) is -0.542. The van der Waals surface area contributed by atoms with Gasteiger partial charge in [0.1, 0.15) is 5.60 Å². The van der Waals surface area contributed by atoms with Crippen molar-refractivity contribution in [2.24, 2.45) is 0 Å². The minimum absolute atomic E-state index is 0.0388. The van der Waals surface area contributed by atoms with Crippen molar-refractivity contribution in [3.05, 3.63) is 12.4 Å². The van der Waals surface area contributed by atoms with Crippen LogP contribution in [0.1, 0.15) is 20.8 Å². The number of hydrogen-bond acceptors (Lipinski definition) is 5. The van der Waals surface area contributed by atoms with Crippen LogP contribution in [0.2, 0.25) is 0 Å². The van der Waals surface area contributed by atoms with Gasteiger partial charge in [-0.1, -0.05) is 0 Å². The van der Waals surface area contributed by atoms with Crippen LogP contribution in [-0.4, -0.2) is 64.4 Å². The standard InChI is InChI=1S/C13H20N2O5/c1-13(2,3)20-12(18)15-5-4-14-7-10(11(16)17)19-8-9(14)6-15/h4-5,9-10H,6-8H2,1-3H3,(H,16,17)/t9-,10+/m1/s1. The maximum atomic E-state index is 12.0. The van der Waals surface area contributed by atoms with Gasteiger partial charge in [0, 0.05) is 12.4 Å². The number of aliphatic carboxylic acids is 1. The summed E-state index contributed by atoms with van der Waals surface area (Å²) in [7, 11) is 0. The van der Waals surface area contributed by atoms with Gasteiger partial charge < -0.3 is 19.5 Å². The van der Waals surface area contributed by atoms with E-state index < -0.39 is 23.8 Å². The van der Waals surface area contributed by atoms with Gasteiger partial charge in [0.05, 0.1) is 25.7 Å². The first kappa shape index (κ1) is 14.6. The summed E-state index contributed by atoms with van der Waals surface area (Å²) >= 11 is 0. The normalized spacial score (nSPS) is 26.1. The second-order valence-corrected chi connectivity index (χ2v) is 5.94. The van der Waals surface area contributed by atoms with Crippen molar-refractivity contribution < 1.29 is 24.2 Å². The van der Waals surface area contributed by atoms with Crippen LogP contribution >= 0.6 is 0 Å². The predicted molar refractivity (Wildman–Crippen MR) is 69.9 cm³/mol. The number of ether oxygens (including phenoxy) is 2. The van der Waals surface area contributed by atoms with Gasteiger partial charge in [-0.15, -0.1) is 0 Å². The molecule has 7 nitrogen and oxygen atoms in total. The van der Waals surface area contributed by atoms with Crippen LogP contribution in [-0.2, 0) is 14.3 Å². The first-order valence-electron chi connectivity index (χ1n) is 6.54. The highest BCUT2D eigenvalue weighted by Crippen LogP contribution is 2.20. The van der Waals surface area contributed by atoms with Gasteiger partial charge in [0.25, 0.3) is 0 Å². The molecule has 0 radical (unpaired) electrons. The largest absolute Gasteiger partial charge is 0.479 e. The number of carbonyl (C=O) groups excluding carboxylic acids is 1. The van der Waals surface area contributed by atoms with Crippen LogP contribution in [0.3, 0.4) is 0 Å². The van der Waals surface area contributed by atoms with Crippen molar-refractivity contribution in [3.63, 3.8) is 0 Å². The van der Waals surface area contributed by atoms with Gasteiger partial charge in [-0.2, -0.15) is 0 Å². The highest BCUT2D eigenvalue weighted by atomic mass is 16.6. The fourth-order valence-electron chi connectivity index (χ4n) is 2.12. The fraction of sp³-hybridized carbons (Fsp3) is 0.692. The third-order valence-corrected chi connectivity index (χ3v) is 3.08. The molecule has 0 aliphatic carbocycles. The molecule has 2 heterocycles. The highest BCUT2D eigenvalue weighted by molar-refractivity contribution is 5.73. The number of nitrogens with zero attached hydrogens (tertiary/aromatic N) is 2. The van der Waals surface area contributed by atoms with Crippen molar-refractivity contribution in [2.75, 3.05) is 19.7 Å². The second-order valence-electron chi connectivity index (χ2n) is 5.94. The third kappa shape index (κ3) is 3.41. The van der Waals surface area contributed by atoms with Crippen molar-refractivity contribution in [1.29, 1.82) is 0 Å². The van der Waals surface area contributed by atoms with Gasteiger partial charge in [-0.25, -0.2) is 9.59 Å². The van der Waals surface area contributed by atoms with Crippen molar-refractivity contribution in [1.82, 2.24) is 9.80 Å². The van der Waals surface area contributed by atoms with Crippen LogP contribution in [0.4, 0.5) is 4.79 Å². The molecule has 2 aliphatic rings. The van der Waals surface area contributed by atoms with Crippen LogP contribution in [0.5, 0.6) is 0 Å². The Labute approximate surface area is 117 Å². The molecule has 7 heteroatoms. The molecule has 1 fully saturated rings. The van der Waals surface area contributed by atoms with Gasteiger partial charge in [-0.3, -0.25) is 4.90 Å². The molecule has 0 bridgehead atoms. The zero-order chi connectivity index (χ0) is 14.9. The number of carboxylic acid groups (broad SMARTS) is 1. The topological polar surface area (TPSA) is 79.3 Å². The Bertz CT molecular complexity index is 429. The zero-order valence-electron chi connectivity index (χ0n) is 11.9. The van der Waals surface area contributed by atoms with E-state index in [0.717, 1.165) is 0 Å². The Morgan fingerprint density at radius 2 is 2.00 bits per heavy atom. The summed E-state index contributed by atoms with van der Waals surface area (Å²) in [6.07, 6.45) is 2.11. The smallest absolute Gasteiger partial charge is 0.414 e. The second kappa shape index (κ2) is 5.32. The molecular formula is C13H20N2O5. The van der Waals surface area contributed by atoms with E-state index in [1.54, 1.807) is 12.4 Å². The predicted octanol–water partition coefficient (Wildman–Crippen LogP) is 0.862. The monoisotopic (exact) mass is 284 g/mol. The molecule has 2 aliphatic heterocycles. The minimum Gasteiger partial charge on any atom is -0.479 e. The van der Waals surface area contributed by atoms with E-state index in [2.05, 4.69) is 0 Å². The molecule has 1 amide bonds. The number of fused-ring (bicyclic) bond motifs is 1. The average molecular weight is 284 g/mol. The molecule has 0 aromatic rings. The third-order valence-electron chi connectivity index (χ3n) is 3.08. The molecule has 0 unspecified atom stereocenters. The zero-order valence-corrected chi connectivity index (χ0v) is 11.9. The molecule has 112 valence electrons. The summed E-state index contributed by atoms with van der Waals surface area (Å²) in [5.74, 6) is -0.966. The van der Waals surface area contributed by atoms with E-state index in [-0.39, 0.29) is 12.6 Å². The van der Waals surface area contributed by atoms with Crippen molar-refractivity contribution in [2.45, 2.75) is 38.5 Å². The fourth-order valence-corrected chi connectivity index (χ4v) is 2.12. The molecule has 0 aromatic carbocycles. The Morgan fingerprint density at radius 3 is 2.60 bits per heavy atom. The summed E-state index contributed by atoms with van der Waals surface area (Å²) in [5, 5.41) is 8.94. The Balaban J connectivity index is 1.98. The first-order chi connectivity index (χ1) is 9.26. The Hall–Kier alpha value is -1.76. The Kier molecular flexibility index (Phi) is 3.89. The number of rotatable bonds is 1. The number of carboxylic acids is 1. The number of morpholine rings is 1. The summed E-state index contributed by atoms with van der Waals surface area (Å²) in [6, 6.07) is -0.0388. The maximum Gasteiger partial charge on any atom is 0.414 e. The maximum absolute atomic E-state index is 12.0. The summed E-state index contributed by atoms with van der Waals surface area (Å²) < 4.78 is 10.6. The Morgan fingerprint density at radius 1 is 1.30 bits per heavy atom. The van der Waals surface area contributed by atoms with Gasteiger partial charge in [-0.05, 0) is 20.8 Å². The lowest BCUT2D eigenvalue weighted by Gasteiger charge is -2.42. The molecule has 0 aromatic heterocycles. The molecule has 20 heavy (non-hydrogen) atoms. The van der Waals surface area contributed by atoms with Crippen molar-refractivity contribution >= 4 is 12.1 Å². The van der Waals surface area contributed by atoms with Crippen LogP contribution in [0.15, 0.2) is 12.4 Å². The van der Waals surface area contributed by atoms with E-state index in [1.165, 1.54) is 4.90 Å². The SMILES string of the molecule is CC(C)(C)OC(=O)N1C=CN2C[C@@H](C(=O)O)OC[C@H]2C1. The minimum atomic E-state index is -0.966. The van der Waals surface area contributed by atoms with Crippen LogP contribution < -0.4 is 0 Å². The number of amides is 1. The molecule has 1 N–H and O–H groups in total. The lowest BCUT2D eigenvalue weighted by molar-refractivity contribution is -0.158. The molecule has 0 spiro atoms. The van der Waals surface area contributed by atoms with Crippen molar-refractivity contribution in [3.8, 4) is 0 Å². The van der Waals surface area contributed by atoms with E-state index in [4.69, 9.17) is 14.6 Å². The van der Waals surface area contributed by atoms with E-state index in [1.807, 2.05) is 25.7 Å². The highest BCUT2D eigenvalue weighted by Gasteiger charge is 2.35. The molecular weight excluding hydrogens is 264 g/mol. The van der Waals surface area contributed by atoms with E-state index in [0.29, 0.717) is 13.1 Å². The number of hydrogen-bond donors (Lipinski definition) is 1. The molecule has 0 saturated carbocycles.